The molecule has 0 amide bonds. The molecule has 1 atom stereocenters. The van der Waals surface area contributed by atoms with E-state index in [-0.39, 0.29) is 6.04 Å². The Morgan fingerprint density at radius 1 is 1.41 bits per heavy atom. The van der Waals surface area contributed by atoms with Gasteiger partial charge in [0, 0.05) is 29.7 Å². The van der Waals surface area contributed by atoms with Crippen LogP contribution in [0.25, 0.3) is 0 Å². The number of thiazole rings is 1. The predicted molar refractivity (Wildman–Crippen MR) is 70.4 cm³/mol. The van der Waals surface area contributed by atoms with Crippen molar-refractivity contribution in [2.24, 2.45) is 0 Å². The molecule has 0 bridgehead atoms. The van der Waals surface area contributed by atoms with Crippen LogP contribution in [-0.4, -0.2) is 12.1 Å². The van der Waals surface area contributed by atoms with Crippen molar-refractivity contribution in [3.8, 4) is 5.75 Å². The number of hydrogen-bond donors (Lipinski definition) is 1. The molecule has 0 saturated heterocycles. The summed E-state index contributed by atoms with van der Waals surface area (Å²) in [4.78, 5) is 4.25. The van der Waals surface area contributed by atoms with Gasteiger partial charge in [-0.1, -0.05) is 18.2 Å². The van der Waals surface area contributed by atoms with Gasteiger partial charge in [0.25, 0.3) is 0 Å². The SMILES string of the molecule is COc1ccccc1[C@@H](C)NCc1nccs1. The first-order valence-corrected chi connectivity index (χ1v) is 6.44. The lowest BCUT2D eigenvalue weighted by molar-refractivity contribution is 0.401. The van der Waals surface area contributed by atoms with Gasteiger partial charge in [-0.15, -0.1) is 11.3 Å². The maximum atomic E-state index is 5.35. The lowest BCUT2D eigenvalue weighted by Crippen LogP contribution is -2.18. The molecule has 0 aliphatic rings. The molecule has 4 heteroatoms. The van der Waals surface area contributed by atoms with E-state index in [2.05, 4.69) is 23.3 Å². The average molecular weight is 248 g/mol. The highest BCUT2D eigenvalue weighted by Crippen LogP contribution is 2.24. The summed E-state index contributed by atoms with van der Waals surface area (Å²) in [6, 6.07) is 8.32. The molecule has 2 aromatic rings. The number of rotatable bonds is 5. The standard InChI is InChI=1S/C13H16N2OS/c1-10(15-9-13-14-7-8-17-13)11-5-3-4-6-12(11)16-2/h3-8,10,15H,9H2,1-2H3/t10-/m1/s1. The number of ether oxygens (including phenoxy) is 1. The number of para-hydroxylation sites is 1. The fraction of sp³-hybridized carbons (Fsp3) is 0.308. The molecule has 0 unspecified atom stereocenters. The van der Waals surface area contributed by atoms with Crippen LogP contribution in [0.15, 0.2) is 35.8 Å². The molecule has 2 rings (SSSR count). The summed E-state index contributed by atoms with van der Waals surface area (Å²) in [5.41, 5.74) is 1.17. The second kappa shape index (κ2) is 5.80. The van der Waals surface area contributed by atoms with E-state index in [9.17, 15) is 0 Å². The summed E-state index contributed by atoms with van der Waals surface area (Å²) >= 11 is 1.67. The van der Waals surface area contributed by atoms with Crippen molar-refractivity contribution in [3.05, 3.63) is 46.4 Å². The number of nitrogens with one attached hydrogen (secondary N) is 1. The van der Waals surface area contributed by atoms with Crippen molar-refractivity contribution in [2.75, 3.05) is 7.11 Å². The maximum absolute atomic E-state index is 5.35. The second-order valence-corrected chi connectivity index (χ2v) is 4.75. The quantitative estimate of drug-likeness (QED) is 0.883. The molecule has 0 saturated carbocycles. The lowest BCUT2D eigenvalue weighted by atomic mass is 10.1. The minimum atomic E-state index is 0.245. The zero-order chi connectivity index (χ0) is 12.1. The summed E-state index contributed by atoms with van der Waals surface area (Å²) in [6.07, 6.45) is 1.83. The molecular formula is C13H16N2OS. The van der Waals surface area contributed by atoms with Crippen LogP contribution in [0.1, 0.15) is 23.5 Å². The number of hydrogen-bond acceptors (Lipinski definition) is 4. The molecular weight excluding hydrogens is 232 g/mol. The van der Waals surface area contributed by atoms with Gasteiger partial charge in [-0.3, -0.25) is 0 Å². The van der Waals surface area contributed by atoms with E-state index in [1.54, 1.807) is 18.4 Å². The summed E-state index contributed by atoms with van der Waals surface area (Å²) in [5, 5.41) is 6.54. The fourth-order valence-corrected chi connectivity index (χ4v) is 2.28. The van der Waals surface area contributed by atoms with Crippen molar-refractivity contribution >= 4 is 11.3 Å². The molecule has 1 aromatic carbocycles. The Balaban J connectivity index is 2.01. The minimum Gasteiger partial charge on any atom is -0.496 e. The molecule has 90 valence electrons. The molecule has 0 fully saturated rings. The number of aromatic nitrogens is 1. The average Bonchev–Trinajstić information content (AvgIpc) is 2.89. The molecule has 0 radical (unpaired) electrons. The van der Waals surface area contributed by atoms with Gasteiger partial charge in [-0.2, -0.15) is 0 Å². The summed E-state index contributed by atoms with van der Waals surface area (Å²) < 4.78 is 5.35. The molecule has 1 N–H and O–H groups in total. The predicted octanol–water partition coefficient (Wildman–Crippen LogP) is 3.00. The van der Waals surface area contributed by atoms with Gasteiger partial charge in [-0.05, 0) is 13.0 Å². The highest BCUT2D eigenvalue weighted by atomic mass is 32.1. The van der Waals surface area contributed by atoms with E-state index in [1.165, 1.54) is 5.56 Å². The van der Waals surface area contributed by atoms with Crippen molar-refractivity contribution in [1.29, 1.82) is 0 Å². The van der Waals surface area contributed by atoms with E-state index < -0.39 is 0 Å². The van der Waals surface area contributed by atoms with E-state index in [4.69, 9.17) is 4.74 Å². The van der Waals surface area contributed by atoms with Gasteiger partial charge in [0.15, 0.2) is 0 Å². The Labute approximate surface area is 105 Å². The smallest absolute Gasteiger partial charge is 0.123 e. The van der Waals surface area contributed by atoms with Crippen LogP contribution in [-0.2, 0) is 6.54 Å². The molecule has 1 aromatic heterocycles. The first-order valence-electron chi connectivity index (χ1n) is 5.56. The van der Waals surface area contributed by atoms with Gasteiger partial charge >= 0.3 is 0 Å². The highest BCUT2D eigenvalue weighted by molar-refractivity contribution is 7.09. The third-order valence-electron chi connectivity index (χ3n) is 2.65. The topological polar surface area (TPSA) is 34.1 Å². The maximum Gasteiger partial charge on any atom is 0.123 e. The third kappa shape index (κ3) is 3.05. The largest absolute Gasteiger partial charge is 0.496 e. The van der Waals surface area contributed by atoms with Gasteiger partial charge < -0.3 is 10.1 Å². The first kappa shape index (κ1) is 12.1. The molecule has 0 spiro atoms. The van der Waals surface area contributed by atoms with Crippen LogP contribution in [0.5, 0.6) is 5.75 Å². The Bertz CT molecular complexity index is 456. The Morgan fingerprint density at radius 3 is 2.94 bits per heavy atom. The van der Waals surface area contributed by atoms with Crippen molar-refractivity contribution in [2.45, 2.75) is 19.5 Å². The monoisotopic (exact) mass is 248 g/mol. The zero-order valence-electron chi connectivity index (χ0n) is 10.0. The molecule has 0 aliphatic carbocycles. The lowest BCUT2D eigenvalue weighted by Gasteiger charge is -2.16. The van der Waals surface area contributed by atoms with Crippen molar-refractivity contribution in [1.82, 2.24) is 10.3 Å². The van der Waals surface area contributed by atoms with E-state index in [1.807, 2.05) is 29.8 Å². The molecule has 0 aliphatic heterocycles. The summed E-state index contributed by atoms with van der Waals surface area (Å²) in [6.45, 7) is 2.92. The van der Waals surface area contributed by atoms with E-state index >= 15 is 0 Å². The number of nitrogens with zero attached hydrogens (tertiary/aromatic N) is 1. The van der Waals surface area contributed by atoms with Gasteiger partial charge in [-0.25, -0.2) is 4.98 Å². The van der Waals surface area contributed by atoms with Gasteiger partial charge in [0.1, 0.15) is 10.8 Å². The second-order valence-electron chi connectivity index (χ2n) is 3.77. The van der Waals surface area contributed by atoms with Crippen LogP contribution in [0.2, 0.25) is 0 Å². The van der Waals surface area contributed by atoms with Crippen LogP contribution in [0, 0.1) is 0 Å². The van der Waals surface area contributed by atoms with Crippen LogP contribution in [0.4, 0.5) is 0 Å². The highest BCUT2D eigenvalue weighted by Gasteiger charge is 2.10. The fourth-order valence-electron chi connectivity index (χ4n) is 1.71. The Hall–Kier alpha value is -1.39. The van der Waals surface area contributed by atoms with Crippen LogP contribution >= 0.6 is 11.3 Å². The Morgan fingerprint density at radius 2 is 2.24 bits per heavy atom. The minimum absolute atomic E-state index is 0.245. The van der Waals surface area contributed by atoms with Gasteiger partial charge in [0.05, 0.1) is 7.11 Å². The van der Waals surface area contributed by atoms with Crippen LogP contribution in [0.3, 0.4) is 0 Å². The summed E-state index contributed by atoms with van der Waals surface area (Å²) in [5.74, 6) is 0.923. The summed E-state index contributed by atoms with van der Waals surface area (Å²) in [7, 11) is 1.70. The van der Waals surface area contributed by atoms with E-state index in [0.717, 1.165) is 17.3 Å². The van der Waals surface area contributed by atoms with Crippen molar-refractivity contribution in [3.63, 3.8) is 0 Å². The zero-order valence-corrected chi connectivity index (χ0v) is 10.8. The van der Waals surface area contributed by atoms with E-state index in [0.29, 0.717) is 0 Å². The first-order chi connectivity index (χ1) is 8.31. The number of methoxy groups -OCH3 is 1. The van der Waals surface area contributed by atoms with Gasteiger partial charge in [0.2, 0.25) is 0 Å². The van der Waals surface area contributed by atoms with Crippen molar-refractivity contribution < 1.29 is 4.74 Å². The molecule has 1 heterocycles. The number of benzene rings is 1. The van der Waals surface area contributed by atoms with Crippen LogP contribution < -0.4 is 10.1 Å². The normalized spacial score (nSPS) is 12.4. The molecule has 3 nitrogen and oxygen atoms in total. The third-order valence-corrected chi connectivity index (χ3v) is 3.43. The Kier molecular flexibility index (Phi) is 4.12. The molecule has 17 heavy (non-hydrogen) atoms.